The van der Waals surface area contributed by atoms with Gasteiger partial charge in [-0.3, -0.25) is 4.79 Å². The molecule has 0 aliphatic heterocycles. The third kappa shape index (κ3) is 5.19. The predicted molar refractivity (Wildman–Crippen MR) is 103 cm³/mol. The lowest BCUT2D eigenvalue weighted by molar-refractivity contribution is -0.129. The summed E-state index contributed by atoms with van der Waals surface area (Å²) in [6, 6.07) is 10.9. The van der Waals surface area contributed by atoms with E-state index in [1.165, 1.54) is 11.0 Å². The third-order valence-corrected chi connectivity index (χ3v) is 4.67. The van der Waals surface area contributed by atoms with Crippen molar-refractivity contribution in [1.82, 2.24) is 10.1 Å². The number of benzene rings is 2. The van der Waals surface area contributed by atoms with Crippen LogP contribution in [0.25, 0.3) is 0 Å². The smallest absolute Gasteiger partial charge is 0.227 e. The molecule has 5 nitrogen and oxygen atoms in total. The minimum absolute atomic E-state index is 0.126. The predicted octanol–water partition coefficient (Wildman–Crippen LogP) is 4.35. The SMILES string of the molecule is Cc1noc(C)c1COc1ccc(CC(=O)N(C)Cc2ccc(F)c(F)c2)cc1. The molecule has 3 aromatic rings. The molecule has 0 saturated carbocycles. The van der Waals surface area contributed by atoms with E-state index >= 15 is 0 Å². The number of hydrogen-bond donors (Lipinski definition) is 0. The molecule has 1 amide bonds. The molecule has 0 aliphatic carbocycles. The number of amides is 1. The van der Waals surface area contributed by atoms with Crippen LogP contribution in [0.3, 0.4) is 0 Å². The summed E-state index contributed by atoms with van der Waals surface area (Å²) in [6.07, 6.45) is 0.199. The lowest BCUT2D eigenvalue weighted by Crippen LogP contribution is -2.27. The van der Waals surface area contributed by atoms with Crippen LogP contribution in [-0.4, -0.2) is 23.0 Å². The monoisotopic (exact) mass is 400 g/mol. The second-order valence-corrected chi connectivity index (χ2v) is 6.91. The van der Waals surface area contributed by atoms with Gasteiger partial charge >= 0.3 is 0 Å². The Hall–Kier alpha value is -3.22. The maximum Gasteiger partial charge on any atom is 0.227 e. The van der Waals surface area contributed by atoms with Crippen molar-refractivity contribution < 1.29 is 22.8 Å². The van der Waals surface area contributed by atoms with Gasteiger partial charge in [0, 0.05) is 13.6 Å². The van der Waals surface area contributed by atoms with Crippen molar-refractivity contribution in [3.63, 3.8) is 0 Å². The fraction of sp³-hybridized carbons (Fsp3) is 0.273. The largest absolute Gasteiger partial charge is 0.489 e. The lowest BCUT2D eigenvalue weighted by atomic mass is 10.1. The van der Waals surface area contributed by atoms with Crippen LogP contribution in [-0.2, 0) is 24.4 Å². The van der Waals surface area contributed by atoms with Crippen molar-refractivity contribution in [2.45, 2.75) is 33.4 Å². The summed E-state index contributed by atoms with van der Waals surface area (Å²) in [5.41, 5.74) is 3.08. The molecule has 29 heavy (non-hydrogen) atoms. The molecule has 0 aliphatic rings. The number of ether oxygens (including phenoxy) is 1. The van der Waals surface area contributed by atoms with Gasteiger partial charge in [0.15, 0.2) is 11.6 Å². The zero-order valence-electron chi connectivity index (χ0n) is 16.5. The Morgan fingerprint density at radius 3 is 2.38 bits per heavy atom. The van der Waals surface area contributed by atoms with Crippen LogP contribution in [0.1, 0.15) is 28.1 Å². The van der Waals surface area contributed by atoms with Crippen LogP contribution < -0.4 is 4.74 Å². The van der Waals surface area contributed by atoms with Crippen LogP contribution in [0.5, 0.6) is 5.75 Å². The Morgan fingerprint density at radius 1 is 1.07 bits per heavy atom. The lowest BCUT2D eigenvalue weighted by Gasteiger charge is -2.17. The Kier molecular flexibility index (Phi) is 6.26. The molecule has 0 saturated heterocycles. The van der Waals surface area contributed by atoms with E-state index in [9.17, 15) is 13.6 Å². The number of rotatable bonds is 7. The van der Waals surface area contributed by atoms with Gasteiger partial charge in [-0.25, -0.2) is 8.78 Å². The summed E-state index contributed by atoms with van der Waals surface area (Å²) in [4.78, 5) is 13.9. The highest BCUT2D eigenvalue weighted by molar-refractivity contribution is 5.78. The Bertz CT molecular complexity index is 980. The van der Waals surface area contributed by atoms with Gasteiger partial charge in [0.1, 0.15) is 18.1 Å². The topological polar surface area (TPSA) is 55.6 Å². The Labute approximate surface area is 167 Å². The normalized spacial score (nSPS) is 10.8. The second kappa shape index (κ2) is 8.86. The van der Waals surface area contributed by atoms with Gasteiger partial charge in [0.2, 0.25) is 5.91 Å². The van der Waals surface area contributed by atoms with Crippen LogP contribution in [0.4, 0.5) is 8.78 Å². The zero-order chi connectivity index (χ0) is 21.0. The molecule has 152 valence electrons. The maximum absolute atomic E-state index is 13.3. The number of carbonyl (C=O) groups is 1. The van der Waals surface area contributed by atoms with E-state index in [4.69, 9.17) is 9.26 Å². The molecule has 1 aromatic heterocycles. The summed E-state index contributed by atoms with van der Waals surface area (Å²) in [5, 5.41) is 3.89. The Balaban J connectivity index is 1.54. The van der Waals surface area contributed by atoms with E-state index in [1.54, 1.807) is 19.2 Å². The highest BCUT2D eigenvalue weighted by Gasteiger charge is 2.13. The molecule has 7 heteroatoms. The van der Waals surface area contributed by atoms with Crippen molar-refractivity contribution >= 4 is 5.91 Å². The molecule has 0 N–H and O–H groups in total. The van der Waals surface area contributed by atoms with E-state index in [1.807, 2.05) is 26.0 Å². The zero-order valence-corrected chi connectivity index (χ0v) is 16.5. The molecular formula is C22H22F2N2O3. The fourth-order valence-electron chi connectivity index (χ4n) is 2.88. The molecular weight excluding hydrogens is 378 g/mol. The molecule has 3 rings (SSSR count). The van der Waals surface area contributed by atoms with Gasteiger partial charge < -0.3 is 14.2 Å². The molecule has 1 heterocycles. The van der Waals surface area contributed by atoms with E-state index in [2.05, 4.69) is 5.16 Å². The summed E-state index contributed by atoms with van der Waals surface area (Å²) in [6.45, 7) is 4.26. The average Bonchev–Trinajstić information content (AvgIpc) is 3.02. The van der Waals surface area contributed by atoms with Crippen molar-refractivity contribution in [3.05, 3.63) is 82.2 Å². The molecule has 0 atom stereocenters. The first kappa shape index (κ1) is 20.5. The molecule has 0 bridgehead atoms. The minimum atomic E-state index is -0.921. The highest BCUT2D eigenvalue weighted by atomic mass is 19.2. The Morgan fingerprint density at radius 2 is 1.76 bits per heavy atom. The molecule has 0 spiro atoms. The quantitative estimate of drug-likeness (QED) is 0.592. The molecule has 0 fully saturated rings. The van der Waals surface area contributed by atoms with Crippen molar-refractivity contribution in [3.8, 4) is 5.75 Å². The maximum atomic E-state index is 13.3. The molecule has 2 aromatic carbocycles. The first-order chi connectivity index (χ1) is 13.8. The van der Waals surface area contributed by atoms with E-state index in [0.29, 0.717) is 17.9 Å². The number of aromatic nitrogens is 1. The van der Waals surface area contributed by atoms with Gasteiger partial charge in [-0.05, 0) is 49.2 Å². The van der Waals surface area contributed by atoms with Gasteiger partial charge in [-0.1, -0.05) is 23.4 Å². The minimum Gasteiger partial charge on any atom is -0.489 e. The van der Waals surface area contributed by atoms with Crippen LogP contribution in [0, 0.1) is 25.5 Å². The molecule has 0 radical (unpaired) electrons. The van der Waals surface area contributed by atoms with Gasteiger partial charge in [-0.2, -0.15) is 0 Å². The van der Waals surface area contributed by atoms with E-state index in [0.717, 1.165) is 34.7 Å². The number of carbonyl (C=O) groups excluding carboxylic acids is 1. The number of halogens is 2. The van der Waals surface area contributed by atoms with Crippen LogP contribution in [0.2, 0.25) is 0 Å². The third-order valence-electron chi connectivity index (χ3n) is 4.67. The first-order valence-electron chi connectivity index (χ1n) is 9.15. The van der Waals surface area contributed by atoms with Crippen molar-refractivity contribution in [2.24, 2.45) is 0 Å². The summed E-state index contributed by atoms with van der Waals surface area (Å²) >= 11 is 0. The fourth-order valence-corrected chi connectivity index (χ4v) is 2.88. The number of likely N-dealkylation sites (N-methyl/N-ethyl adjacent to an activating group) is 1. The second-order valence-electron chi connectivity index (χ2n) is 6.91. The van der Waals surface area contributed by atoms with E-state index in [-0.39, 0.29) is 18.9 Å². The van der Waals surface area contributed by atoms with E-state index < -0.39 is 11.6 Å². The van der Waals surface area contributed by atoms with Crippen LogP contribution in [0.15, 0.2) is 47.0 Å². The summed E-state index contributed by atoms with van der Waals surface area (Å²) in [7, 11) is 1.63. The van der Waals surface area contributed by atoms with Crippen molar-refractivity contribution in [1.29, 1.82) is 0 Å². The highest BCUT2D eigenvalue weighted by Crippen LogP contribution is 2.18. The number of nitrogens with zero attached hydrogens (tertiary/aromatic N) is 2. The summed E-state index contributed by atoms with van der Waals surface area (Å²) in [5.74, 6) is -0.542. The van der Waals surface area contributed by atoms with Crippen LogP contribution >= 0.6 is 0 Å². The van der Waals surface area contributed by atoms with Gasteiger partial charge in [0.05, 0.1) is 17.7 Å². The van der Waals surface area contributed by atoms with Gasteiger partial charge in [0.25, 0.3) is 0 Å². The molecule has 0 unspecified atom stereocenters. The summed E-state index contributed by atoms with van der Waals surface area (Å²) < 4.78 is 37.2. The average molecular weight is 400 g/mol. The van der Waals surface area contributed by atoms with Gasteiger partial charge in [-0.15, -0.1) is 0 Å². The number of aryl methyl sites for hydroxylation is 2. The van der Waals surface area contributed by atoms with Crippen molar-refractivity contribution in [2.75, 3.05) is 7.05 Å². The first-order valence-corrected chi connectivity index (χ1v) is 9.15. The number of hydrogen-bond acceptors (Lipinski definition) is 4. The standard InChI is InChI=1S/C22H22F2N2O3/c1-14-19(15(2)29-25-14)13-28-18-7-4-16(5-8-18)11-22(27)26(3)12-17-6-9-20(23)21(24)10-17/h4-10H,11-13H2,1-3H3.